The highest BCUT2D eigenvalue weighted by Gasteiger charge is 2.55. The van der Waals surface area contributed by atoms with Crippen molar-refractivity contribution in [3.8, 4) is 6.01 Å². The monoisotopic (exact) mass is 369 g/mol. The molecule has 1 saturated heterocycles. The normalized spacial score (nSPS) is 37.5. The largest absolute Gasteiger partial charge is 0.458 e. The molecule has 5 aliphatic rings. The van der Waals surface area contributed by atoms with Crippen LogP contribution in [0.25, 0.3) is 0 Å². The van der Waals surface area contributed by atoms with Gasteiger partial charge in [0.2, 0.25) is 5.91 Å². The molecule has 2 heterocycles. The van der Waals surface area contributed by atoms with E-state index in [4.69, 9.17) is 4.74 Å². The number of rotatable bonds is 3. The summed E-state index contributed by atoms with van der Waals surface area (Å²) in [6.45, 7) is 5.50. The molecule has 1 aromatic heterocycles. The number of ether oxygens (including phenoxy) is 1. The number of aryl methyl sites for hydroxylation is 2. The van der Waals surface area contributed by atoms with E-state index in [-0.39, 0.29) is 11.5 Å². The van der Waals surface area contributed by atoms with Crippen molar-refractivity contribution >= 4 is 5.91 Å². The van der Waals surface area contributed by atoms with Gasteiger partial charge in [0.25, 0.3) is 0 Å². The van der Waals surface area contributed by atoms with Crippen LogP contribution in [0.5, 0.6) is 6.01 Å². The Morgan fingerprint density at radius 3 is 2.26 bits per heavy atom. The van der Waals surface area contributed by atoms with Crippen molar-refractivity contribution in [3.05, 3.63) is 17.5 Å². The lowest BCUT2D eigenvalue weighted by Crippen LogP contribution is -2.57. The van der Waals surface area contributed by atoms with Crippen molar-refractivity contribution in [1.29, 1.82) is 0 Å². The lowest BCUT2D eigenvalue weighted by atomic mass is 9.49. The summed E-state index contributed by atoms with van der Waals surface area (Å²) >= 11 is 0. The van der Waals surface area contributed by atoms with Crippen LogP contribution in [0.3, 0.4) is 0 Å². The van der Waals surface area contributed by atoms with E-state index in [1.165, 1.54) is 19.3 Å². The van der Waals surface area contributed by atoms with Crippen molar-refractivity contribution in [3.63, 3.8) is 0 Å². The molecule has 0 radical (unpaired) electrons. The first-order chi connectivity index (χ1) is 13.0. The zero-order valence-corrected chi connectivity index (χ0v) is 16.6. The third-order valence-corrected chi connectivity index (χ3v) is 7.39. The molecule has 0 N–H and O–H groups in total. The Hall–Kier alpha value is -1.65. The molecule has 5 nitrogen and oxygen atoms in total. The van der Waals surface area contributed by atoms with Gasteiger partial charge in [-0.15, -0.1) is 0 Å². The van der Waals surface area contributed by atoms with Crippen LogP contribution < -0.4 is 4.74 Å². The van der Waals surface area contributed by atoms with Crippen LogP contribution in [0.4, 0.5) is 0 Å². The number of hydrogen-bond acceptors (Lipinski definition) is 4. The van der Waals surface area contributed by atoms with Gasteiger partial charge >= 0.3 is 6.01 Å². The Labute approximate surface area is 161 Å². The Bertz CT molecular complexity index is 692. The topological polar surface area (TPSA) is 55.3 Å². The fourth-order valence-electron chi connectivity index (χ4n) is 6.82. The molecule has 1 atom stereocenters. The third-order valence-electron chi connectivity index (χ3n) is 7.39. The Kier molecular flexibility index (Phi) is 4.17. The highest BCUT2D eigenvalue weighted by Crippen LogP contribution is 2.60. The van der Waals surface area contributed by atoms with Crippen molar-refractivity contribution in [2.24, 2.45) is 23.2 Å². The van der Waals surface area contributed by atoms with Gasteiger partial charge in [-0.2, -0.15) is 0 Å². The molecule has 4 bridgehead atoms. The summed E-state index contributed by atoms with van der Waals surface area (Å²) in [5.41, 5.74) is 1.80. The minimum Gasteiger partial charge on any atom is -0.458 e. The van der Waals surface area contributed by atoms with Crippen molar-refractivity contribution < 1.29 is 9.53 Å². The number of likely N-dealkylation sites (tertiary alicyclic amines) is 1. The highest BCUT2D eigenvalue weighted by atomic mass is 16.5. The van der Waals surface area contributed by atoms with Crippen molar-refractivity contribution in [2.75, 3.05) is 13.1 Å². The average molecular weight is 370 g/mol. The molecular weight excluding hydrogens is 338 g/mol. The van der Waals surface area contributed by atoms with Gasteiger partial charge in [0, 0.05) is 17.9 Å². The molecule has 1 aromatic rings. The lowest BCUT2D eigenvalue weighted by molar-refractivity contribution is -0.160. The van der Waals surface area contributed by atoms with E-state index in [2.05, 4.69) is 14.9 Å². The second-order valence-electron chi connectivity index (χ2n) is 9.76. The number of aromatic nitrogens is 2. The minimum absolute atomic E-state index is 0.0119. The zero-order valence-electron chi connectivity index (χ0n) is 16.6. The summed E-state index contributed by atoms with van der Waals surface area (Å²) in [4.78, 5) is 24.5. The quantitative estimate of drug-likeness (QED) is 0.816. The summed E-state index contributed by atoms with van der Waals surface area (Å²) in [6, 6.07) is 2.41. The predicted octanol–water partition coefficient (Wildman–Crippen LogP) is 3.68. The fraction of sp³-hybridized carbons (Fsp3) is 0.773. The molecule has 1 amide bonds. The molecule has 4 saturated carbocycles. The first-order valence-corrected chi connectivity index (χ1v) is 10.8. The Morgan fingerprint density at radius 1 is 1.07 bits per heavy atom. The fourth-order valence-corrected chi connectivity index (χ4v) is 6.82. The molecule has 1 unspecified atom stereocenters. The molecule has 5 fully saturated rings. The van der Waals surface area contributed by atoms with Gasteiger partial charge in [-0.1, -0.05) is 0 Å². The van der Waals surface area contributed by atoms with Crippen LogP contribution in [0, 0.1) is 37.0 Å². The second kappa shape index (κ2) is 6.46. The second-order valence-corrected chi connectivity index (χ2v) is 9.76. The number of nitrogens with zero attached hydrogens (tertiary/aromatic N) is 3. The van der Waals surface area contributed by atoms with E-state index in [0.29, 0.717) is 18.5 Å². The third kappa shape index (κ3) is 3.23. The van der Waals surface area contributed by atoms with Gasteiger partial charge in [0.05, 0.1) is 12.0 Å². The van der Waals surface area contributed by atoms with E-state index in [0.717, 1.165) is 67.8 Å². The summed E-state index contributed by atoms with van der Waals surface area (Å²) < 4.78 is 6.10. The SMILES string of the molecule is Cc1cc(C)nc(OC2CCCN(C(=O)C34CC5CC(CC(C5)C3)C4)C2)n1. The predicted molar refractivity (Wildman–Crippen MR) is 102 cm³/mol. The summed E-state index contributed by atoms with van der Waals surface area (Å²) in [6.07, 6.45) is 9.54. The summed E-state index contributed by atoms with van der Waals surface area (Å²) in [5, 5.41) is 0. The summed E-state index contributed by atoms with van der Waals surface area (Å²) in [7, 11) is 0. The molecular formula is C22H31N3O2. The van der Waals surface area contributed by atoms with Gasteiger partial charge in [-0.05, 0) is 89.0 Å². The van der Waals surface area contributed by atoms with Gasteiger partial charge in [0.15, 0.2) is 0 Å². The first-order valence-electron chi connectivity index (χ1n) is 10.8. The minimum atomic E-state index is -0.0485. The number of piperidine rings is 1. The first kappa shape index (κ1) is 17.4. The Morgan fingerprint density at radius 2 is 1.67 bits per heavy atom. The standard InChI is InChI=1S/C22H31N3O2/c1-14-6-15(2)24-21(23-14)27-19-4-3-5-25(13-19)20(26)22-10-16-7-17(11-22)9-18(8-16)12-22/h6,16-19H,3-5,7-13H2,1-2H3. The van der Waals surface area contributed by atoms with Gasteiger partial charge in [0.1, 0.15) is 6.10 Å². The zero-order chi connectivity index (χ0) is 18.6. The highest BCUT2D eigenvalue weighted by molar-refractivity contribution is 5.83. The van der Waals surface area contributed by atoms with Crippen molar-refractivity contribution in [1.82, 2.24) is 14.9 Å². The number of hydrogen-bond donors (Lipinski definition) is 0. The maximum atomic E-state index is 13.6. The summed E-state index contributed by atoms with van der Waals surface area (Å²) in [5.74, 6) is 2.85. The maximum absolute atomic E-state index is 13.6. The maximum Gasteiger partial charge on any atom is 0.317 e. The molecule has 6 rings (SSSR count). The van der Waals surface area contributed by atoms with Gasteiger partial charge in [-0.3, -0.25) is 4.79 Å². The lowest BCUT2D eigenvalue weighted by Gasteiger charge is -2.57. The van der Waals surface area contributed by atoms with E-state index >= 15 is 0 Å². The van der Waals surface area contributed by atoms with E-state index in [1.54, 1.807) is 0 Å². The van der Waals surface area contributed by atoms with Crippen LogP contribution >= 0.6 is 0 Å². The number of carbonyl (C=O) groups excluding carboxylic acids is 1. The molecule has 5 heteroatoms. The van der Waals surface area contributed by atoms with Gasteiger partial charge < -0.3 is 9.64 Å². The van der Waals surface area contributed by atoms with Crippen LogP contribution in [-0.2, 0) is 4.79 Å². The van der Waals surface area contributed by atoms with Gasteiger partial charge in [-0.25, -0.2) is 9.97 Å². The number of amides is 1. The molecule has 4 aliphatic carbocycles. The van der Waals surface area contributed by atoms with E-state index in [1.807, 2.05) is 19.9 Å². The molecule has 0 aromatic carbocycles. The van der Waals surface area contributed by atoms with Crippen LogP contribution in [0.2, 0.25) is 0 Å². The smallest absolute Gasteiger partial charge is 0.317 e. The molecule has 146 valence electrons. The average Bonchev–Trinajstić information content (AvgIpc) is 2.59. The van der Waals surface area contributed by atoms with Crippen LogP contribution in [0.1, 0.15) is 62.8 Å². The van der Waals surface area contributed by atoms with Crippen LogP contribution in [-0.4, -0.2) is 40.0 Å². The number of carbonyl (C=O) groups is 1. The Balaban J connectivity index is 1.29. The molecule has 1 aliphatic heterocycles. The van der Waals surface area contributed by atoms with E-state index in [9.17, 15) is 4.79 Å². The molecule has 0 spiro atoms. The molecule has 27 heavy (non-hydrogen) atoms. The van der Waals surface area contributed by atoms with Crippen molar-refractivity contribution in [2.45, 2.75) is 71.3 Å². The van der Waals surface area contributed by atoms with E-state index < -0.39 is 0 Å². The van der Waals surface area contributed by atoms with Crippen LogP contribution in [0.15, 0.2) is 6.07 Å².